The monoisotopic (exact) mass is 256 g/mol. The van der Waals surface area contributed by atoms with E-state index in [1.807, 2.05) is 30.5 Å². The number of hydrogen-bond acceptors (Lipinski definition) is 1. The van der Waals surface area contributed by atoms with E-state index in [0.717, 1.165) is 23.0 Å². The number of aromatic amines is 1. The quantitative estimate of drug-likeness (QED) is 0.845. The second kappa shape index (κ2) is 4.72. The fraction of sp³-hybridized carbons (Fsp3) is 0.438. The Kier molecular flexibility index (Phi) is 3.05. The molecule has 3 rings (SSSR count). The van der Waals surface area contributed by atoms with E-state index >= 15 is 0 Å². The number of benzene rings is 1. The zero-order valence-electron chi connectivity index (χ0n) is 11.3. The maximum Gasteiger partial charge on any atom is 0.251 e. The standard InChI is InChI=1S/C16H20N2O/c1-2-6-16(7-8-16)11-18-15(19)13-4-3-12-5-9-17-14(12)10-13/h3-5,9-10,17H,2,6-8,11H2,1H3,(H,18,19). The molecule has 1 saturated carbocycles. The first kappa shape index (κ1) is 12.3. The van der Waals surface area contributed by atoms with Crippen molar-refractivity contribution in [1.82, 2.24) is 10.3 Å². The Balaban J connectivity index is 1.66. The van der Waals surface area contributed by atoms with Gasteiger partial charge >= 0.3 is 0 Å². The predicted molar refractivity (Wildman–Crippen MR) is 77.2 cm³/mol. The molecule has 0 atom stereocenters. The van der Waals surface area contributed by atoms with E-state index in [9.17, 15) is 4.79 Å². The summed E-state index contributed by atoms with van der Waals surface area (Å²) < 4.78 is 0. The molecule has 0 unspecified atom stereocenters. The van der Waals surface area contributed by atoms with E-state index in [1.54, 1.807) is 0 Å². The Morgan fingerprint density at radius 2 is 2.21 bits per heavy atom. The van der Waals surface area contributed by atoms with Crippen molar-refractivity contribution in [3.05, 3.63) is 36.0 Å². The van der Waals surface area contributed by atoms with E-state index in [1.165, 1.54) is 25.7 Å². The number of nitrogens with one attached hydrogen (secondary N) is 2. The summed E-state index contributed by atoms with van der Waals surface area (Å²) in [4.78, 5) is 15.3. The Morgan fingerprint density at radius 1 is 1.37 bits per heavy atom. The van der Waals surface area contributed by atoms with Gasteiger partial charge < -0.3 is 10.3 Å². The zero-order valence-corrected chi connectivity index (χ0v) is 11.3. The fourth-order valence-corrected chi connectivity index (χ4v) is 2.78. The molecular formula is C16H20N2O. The van der Waals surface area contributed by atoms with Crippen LogP contribution >= 0.6 is 0 Å². The molecule has 0 bridgehead atoms. The molecule has 0 spiro atoms. The summed E-state index contributed by atoms with van der Waals surface area (Å²) >= 11 is 0. The van der Waals surface area contributed by atoms with Crippen LogP contribution in [0.2, 0.25) is 0 Å². The maximum atomic E-state index is 12.2. The first-order chi connectivity index (χ1) is 9.22. The van der Waals surface area contributed by atoms with Gasteiger partial charge in [-0.25, -0.2) is 0 Å². The molecule has 0 aliphatic heterocycles. The van der Waals surface area contributed by atoms with Crippen LogP contribution in [0.1, 0.15) is 43.0 Å². The second-order valence-corrected chi connectivity index (χ2v) is 5.71. The van der Waals surface area contributed by atoms with Gasteiger partial charge in [-0.05, 0) is 48.3 Å². The summed E-state index contributed by atoms with van der Waals surface area (Å²) in [7, 11) is 0. The SMILES string of the molecule is CCCC1(CNC(=O)c2ccc3cc[nH]c3c2)CC1. The molecule has 100 valence electrons. The van der Waals surface area contributed by atoms with Crippen molar-refractivity contribution >= 4 is 16.8 Å². The molecule has 1 aromatic carbocycles. The van der Waals surface area contributed by atoms with Gasteiger partial charge in [0.25, 0.3) is 5.91 Å². The number of rotatable bonds is 5. The Morgan fingerprint density at radius 3 is 2.95 bits per heavy atom. The van der Waals surface area contributed by atoms with Crippen molar-refractivity contribution in [2.75, 3.05) is 6.54 Å². The Bertz CT molecular complexity index is 596. The highest BCUT2D eigenvalue weighted by Gasteiger charge is 2.41. The Hall–Kier alpha value is -1.77. The van der Waals surface area contributed by atoms with E-state index in [4.69, 9.17) is 0 Å². The van der Waals surface area contributed by atoms with Crippen molar-refractivity contribution in [3.63, 3.8) is 0 Å². The van der Waals surface area contributed by atoms with Crippen LogP contribution in [-0.4, -0.2) is 17.4 Å². The van der Waals surface area contributed by atoms with Crippen LogP contribution in [0.5, 0.6) is 0 Å². The number of carbonyl (C=O) groups excluding carboxylic acids is 1. The molecule has 0 saturated heterocycles. The largest absolute Gasteiger partial charge is 0.361 e. The minimum absolute atomic E-state index is 0.0406. The third-order valence-electron chi connectivity index (χ3n) is 4.18. The number of H-pyrrole nitrogens is 1. The van der Waals surface area contributed by atoms with Gasteiger partial charge in [0.05, 0.1) is 0 Å². The third-order valence-corrected chi connectivity index (χ3v) is 4.18. The Labute approximate surface area is 113 Å². The number of carbonyl (C=O) groups is 1. The average Bonchev–Trinajstić information content (AvgIpc) is 3.02. The molecule has 1 aromatic heterocycles. The van der Waals surface area contributed by atoms with E-state index in [-0.39, 0.29) is 5.91 Å². The topological polar surface area (TPSA) is 44.9 Å². The summed E-state index contributed by atoms with van der Waals surface area (Å²) in [6.45, 7) is 3.03. The minimum atomic E-state index is 0.0406. The molecule has 3 heteroatoms. The molecule has 2 N–H and O–H groups in total. The number of amides is 1. The van der Waals surface area contributed by atoms with Crippen LogP contribution in [-0.2, 0) is 0 Å². The van der Waals surface area contributed by atoms with Crippen LogP contribution in [0.4, 0.5) is 0 Å². The fourth-order valence-electron chi connectivity index (χ4n) is 2.78. The molecule has 1 heterocycles. The first-order valence-corrected chi connectivity index (χ1v) is 7.08. The third kappa shape index (κ3) is 2.50. The highest BCUT2D eigenvalue weighted by molar-refractivity contribution is 5.97. The smallest absolute Gasteiger partial charge is 0.251 e. The molecule has 1 aliphatic rings. The number of hydrogen-bond donors (Lipinski definition) is 2. The highest BCUT2D eigenvalue weighted by Crippen LogP contribution is 2.48. The van der Waals surface area contributed by atoms with Gasteiger partial charge in [-0.1, -0.05) is 19.4 Å². The van der Waals surface area contributed by atoms with E-state index in [0.29, 0.717) is 5.41 Å². The lowest BCUT2D eigenvalue weighted by Gasteiger charge is -2.14. The van der Waals surface area contributed by atoms with Crippen LogP contribution in [0, 0.1) is 5.41 Å². The molecule has 19 heavy (non-hydrogen) atoms. The van der Waals surface area contributed by atoms with Gasteiger partial charge in [-0.3, -0.25) is 4.79 Å². The molecule has 1 aliphatic carbocycles. The van der Waals surface area contributed by atoms with Crippen molar-refractivity contribution in [2.45, 2.75) is 32.6 Å². The molecule has 1 amide bonds. The highest BCUT2D eigenvalue weighted by atomic mass is 16.1. The predicted octanol–water partition coefficient (Wildman–Crippen LogP) is 3.48. The summed E-state index contributed by atoms with van der Waals surface area (Å²) in [5, 5.41) is 4.23. The average molecular weight is 256 g/mol. The van der Waals surface area contributed by atoms with Crippen molar-refractivity contribution in [3.8, 4) is 0 Å². The lowest BCUT2D eigenvalue weighted by molar-refractivity contribution is 0.0944. The van der Waals surface area contributed by atoms with Crippen molar-refractivity contribution < 1.29 is 4.79 Å². The number of fused-ring (bicyclic) bond motifs is 1. The van der Waals surface area contributed by atoms with Gasteiger partial charge in [0, 0.05) is 23.8 Å². The zero-order chi connectivity index (χ0) is 13.3. The van der Waals surface area contributed by atoms with Crippen LogP contribution in [0.25, 0.3) is 10.9 Å². The molecule has 0 radical (unpaired) electrons. The van der Waals surface area contributed by atoms with Gasteiger partial charge in [-0.2, -0.15) is 0 Å². The summed E-state index contributed by atoms with van der Waals surface area (Å²) in [6, 6.07) is 7.81. The van der Waals surface area contributed by atoms with E-state index in [2.05, 4.69) is 17.2 Å². The van der Waals surface area contributed by atoms with Gasteiger partial charge in [-0.15, -0.1) is 0 Å². The lowest BCUT2D eigenvalue weighted by atomic mass is 10.0. The minimum Gasteiger partial charge on any atom is -0.361 e. The molecular weight excluding hydrogens is 236 g/mol. The van der Waals surface area contributed by atoms with Gasteiger partial charge in [0.1, 0.15) is 0 Å². The molecule has 3 nitrogen and oxygen atoms in total. The molecule has 1 fully saturated rings. The normalized spacial score (nSPS) is 16.5. The number of aromatic nitrogens is 1. The second-order valence-electron chi connectivity index (χ2n) is 5.71. The summed E-state index contributed by atoms with van der Waals surface area (Å²) in [5.41, 5.74) is 2.16. The molecule has 2 aromatic rings. The maximum absolute atomic E-state index is 12.2. The van der Waals surface area contributed by atoms with Crippen molar-refractivity contribution in [2.24, 2.45) is 5.41 Å². The lowest BCUT2D eigenvalue weighted by Crippen LogP contribution is -2.30. The van der Waals surface area contributed by atoms with Gasteiger partial charge in [0.15, 0.2) is 0 Å². The van der Waals surface area contributed by atoms with Gasteiger partial charge in [0.2, 0.25) is 0 Å². The summed E-state index contributed by atoms with van der Waals surface area (Å²) in [6.07, 6.45) is 6.84. The first-order valence-electron chi connectivity index (χ1n) is 7.08. The van der Waals surface area contributed by atoms with E-state index < -0.39 is 0 Å². The van der Waals surface area contributed by atoms with Crippen molar-refractivity contribution in [1.29, 1.82) is 0 Å². The van der Waals surface area contributed by atoms with Crippen LogP contribution in [0.15, 0.2) is 30.5 Å². The summed E-state index contributed by atoms with van der Waals surface area (Å²) in [5.74, 6) is 0.0406. The van der Waals surface area contributed by atoms with Crippen LogP contribution < -0.4 is 5.32 Å². The van der Waals surface area contributed by atoms with Crippen LogP contribution in [0.3, 0.4) is 0 Å².